The SMILES string of the molecule is CN(C)c1nc(N[C@H]2CC[C@@H](NCc3cc([N+](=O)[O-])ccc3Oc3ccc(C(C)(C)C)cc3)CC2)nc2ccccc12. The first-order chi connectivity index (χ1) is 20.1. The number of aromatic nitrogens is 2. The van der Waals surface area contributed by atoms with E-state index in [1.807, 2.05) is 55.4 Å². The highest BCUT2D eigenvalue weighted by Gasteiger charge is 2.23. The molecule has 0 atom stereocenters. The van der Waals surface area contributed by atoms with Gasteiger partial charge in [-0.25, -0.2) is 4.98 Å². The van der Waals surface area contributed by atoms with Gasteiger partial charge in [0.25, 0.3) is 5.69 Å². The number of ether oxygens (including phenoxy) is 1. The summed E-state index contributed by atoms with van der Waals surface area (Å²) in [6.07, 6.45) is 3.91. The summed E-state index contributed by atoms with van der Waals surface area (Å²) in [5, 5.41) is 19.7. The van der Waals surface area contributed by atoms with Crippen LogP contribution in [0.1, 0.15) is 57.6 Å². The van der Waals surface area contributed by atoms with Crippen molar-refractivity contribution in [3.05, 3.63) is 88.0 Å². The molecule has 9 heteroatoms. The molecule has 0 saturated heterocycles. The van der Waals surface area contributed by atoms with Crippen molar-refractivity contribution in [3.8, 4) is 11.5 Å². The molecule has 2 N–H and O–H groups in total. The number of rotatable bonds is 9. The van der Waals surface area contributed by atoms with Crippen molar-refractivity contribution < 1.29 is 9.66 Å². The summed E-state index contributed by atoms with van der Waals surface area (Å²) in [4.78, 5) is 22.7. The topological polar surface area (TPSA) is 105 Å². The number of nitro groups is 1. The number of para-hydroxylation sites is 1. The van der Waals surface area contributed by atoms with E-state index in [0.717, 1.165) is 48.0 Å². The van der Waals surface area contributed by atoms with E-state index in [1.54, 1.807) is 12.1 Å². The molecule has 0 aliphatic heterocycles. The standard InChI is InChI=1S/C33H40N6O3/c1-33(2,3)23-10-17-27(18-11-23)42-30-19-16-26(39(40)41)20-22(30)21-34-24-12-14-25(15-13-24)35-32-36-29-9-7-6-8-28(29)31(37-32)38(4)5/h6-11,16-20,24-25,34H,12-15,21H2,1-5H3,(H,35,36,37)/t24-,25+. The summed E-state index contributed by atoms with van der Waals surface area (Å²) in [7, 11) is 3.99. The predicted molar refractivity (Wildman–Crippen MR) is 169 cm³/mol. The molecule has 3 aromatic carbocycles. The third-order valence-corrected chi connectivity index (χ3v) is 7.85. The van der Waals surface area contributed by atoms with Crippen molar-refractivity contribution in [3.63, 3.8) is 0 Å². The molecule has 1 fully saturated rings. The number of hydrogen-bond donors (Lipinski definition) is 2. The van der Waals surface area contributed by atoms with Crippen LogP contribution in [0.2, 0.25) is 0 Å². The van der Waals surface area contributed by atoms with Crippen LogP contribution in [0.15, 0.2) is 66.7 Å². The number of hydrogen-bond acceptors (Lipinski definition) is 8. The van der Waals surface area contributed by atoms with Gasteiger partial charge in [0.05, 0.1) is 10.4 Å². The zero-order valence-corrected chi connectivity index (χ0v) is 25.1. The Balaban J connectivity index is 1.21. The minimum Gasteiger partial charge on any atom is -0.457 e. The highest BCUT2D eigenvalue weighted by atomic mass is 16.6. The monoisotopic (exact) mass is 568 g/mol. The largest absolute Gasteiger partial charge is 0.457 e. The summed E-state index contributed by atoms with van der Waals surface area (Å²) in [5.74, 6) is 2.89. The van der Waals surface area contributed by atoms with Crippen LogP contribution in [0, 0.1) is 10.1 Å². The molecule has 1 saturated carbocycles. The van der Waals surface area contributed by atoms with Gasteiger partial charge in [-0.3, -0.25) is 10.1 Å². The first kappa shape index (κ1) is 29.3. The van der Waals surface area contributed by atoms with Gasteiger partial charge in [0.15, 0.2) is 0 Å². The molecule has 1 aromatic heterocycles. The molecule has 0 unspecified atom stereocenters. The number of nitrogens with one attached hydrogen (secondary N) is 2. The zero-order valence-electron chi connectivity index (χ0n) is 25.1. The van der Waals surface area contributed by atoms with Crippen molar-refractivity contribution in [2.24, 2.45) is 0 Å². The Morgan fingerprint density at radius 3 is 2.31 bits per heavy atom. The third kappa shape index (κ3) is 6.97. The Kier molecular flexibility index (Phi) is 8.59. The lowest BCUT2D eigenvalue weighted by atomic mass is 9.87. The number of fused-ring (bicyclic) bond motifs is 1. The second kappa shape index (κ2) is 12.3. The average Bonchev–Trinajstić information content (AvgIpc) is 2.96. The number of non-ortho nitro benzene ring substituents is 1. The second-order valence-corrected chi connectivity index (χ2v) is 12.3. The van der Waals surface area contributed by atoms with Gasteiger partial charge in [-0.1, -0.05) is 45.0 Å². The van der Waals surface area contributed by atoms with Crippen molar-refractivity contribution in [1.29, 1.82) is 0 Å². The Morgan fingerprint density at radius 1 is 0.952 bits per heavy atom. The normalized spacial score (nSPS) is 17.2. The van der Waals surface area contributed by atoms with E-state index in [1.165, 1.54) is 11.6 Å². The molecule has 42 heavy (non-hydrogen) atoms. The van der Waals surface area contributed by atoms with Crippen LogP contribution in [0.25, 0.3) is 10.9 Å². The minimum absolute atomic E-state index is 0.0488. The Labute approximate surface area is 247 Å². The first-order valence-electron chi connectivity index (χ1n) is 14.6. The van der Waals surface area contributed by atoms with Crippen molar-refractivity contribution in [2.75, 3.05) is 24.3 Å². The maximum atomic E-state index is 11.5. The average molecular weight is 569 g/mol. The lowest BCUT2D eigenvalue weighted by Crippen LogP contribution is -2.37. The van der Waals surface area contributed by atoms with E-state index in [-0.39, 0.29) is 22.1 Å². The highest BCUT2D eigenvalue weighted by molar-refractivity contribution is 5.90. The van der Waals surface area contributed by atoms with E-state index in [2.05, 4.69) is 43.5 Å². The van der Waals surface area contributed by atoms with Gasteiger partial charge in [0.2, 0.25) is 5.95 Å². The molecule has 0 bridgehead atoms. The predicted octanol–water partition coefficient (Wildman–Crippen LogP) is 7.21. The molecule has 1 aliphatic rings. The van der Waals surface area contributed by atoms with Crippen molar-refractivity contribution in [1.82, 2.24) is 15.3 Å². The fourth-order valence-corrected chi connectivity index (χ4v) is 5.41. The zero-order chi connectivity index (χ0) is 29.9. The summed E-state index contributed by atoms with van der Waals surface area (Å²) < 4.78 is 6.20. The summed E-state index contributed by atoms with van der Waals surface area (Å²) in [6, 6.07) is 21.5. The molecular weight excluding hydrogens is 528 g/mol. The van der Waals surface area contributed by atoms with Crippen molar-refractivity contribution in [2.45, 2.75) is 70.5 Å². The molecule has 5 rings (SSSR count). The Hall–Kier alpha value is -4.24. The van der Waals surface area contributed by atoms with E-state index in [4.69, 9.17) is 14.7 Å². The molecule has 9 nitrogen and oxygen atoms in total. The van der Waals surface area contributed by atoms with Gasteiger partial charge in [0, 0.05) is 55.8 Å². The maximum Gasteiger partial charge on any atom is 0.270 e. The second-order valence-electron chi connectivity index (χ2n) is 12.3. The van der Waals surface area contributed by atoms with Crippen LogP contribution >= 0.6 is 0 Å². The molecule has 0 spiro atoms. The number of nitrogens with zero attached hydrogens (tertiary/aromatic N) is 4. The molecule has 1 heterocycles. The van der Waals surface area contributed by atoms with Gasteiger partial charge < -0.3 is 20.3 Å². The van der Waals surface area contributed by atoms with E-state index in [9.17, 15) is 10.1 Å². The molecule has 0 radical (unpaired) electrons. The third-order valence-electron chi connectivity index (χ3n) is 7.85. The lowest BCUT2D eigenvalue weighted by molar-refractivity contribution is -0.384. The summed E-state index contributed by atoms with van der Waals surface area (Å²) in [6.45, 7) is 7.00. The Morgan fingerprint density at radius 2 is 1.64 bits per heavy atom. The number of anilines is 2. The van der Waals surface area contributed by atoms with Crippen LogP contribution in [-0.2, 0) is 12.0 Å². The van der Waals surface area contributed by atoms with E-state index < -0.39 is 0 Å². The molecule has 1 aliphatic carbocycles. The summed E-state index contributed by atoms with van der Waals surface area (Å²) in [5.41, 5.74) is 3.02. The van der Waals surface area contributed by atoms with Gasteiger partial charge >= 0.3 is 0 Å². The number of nitro benzene ring substituents is 1. The molecule has 0 amide bonds. The quantitative estimate of drug-likeness (QED) is 0.161. The molecule has 4 aromatic rings. The van der Waals surface area contributed by atoms with Crippen LogP contribution < -0.4 is 20.3 Å². The molecular formula is C33H40N6O3. The fourth-order valence-electron chi connectivity index (χ4n) is 5.41. The van der Waals surface area contributed by atoms with Crippen LogP contribution in [0.4, 0.5) is 17.5 Å². The lowest BCUT2D eigenvalue weighted by Gasteiger charge is -2.30. The smallest absolute Gasteiger partial charge is 0.270 e. The van der Waals surface area contributed by atoms with Gasteiger partial charge in [0.1, 0.15) is 17.3 Å². The van der Waals surface area contributed by atoms with Gasteiger partial charge in [-0.15, -0.1) is 0 Å². The van der Waals surface area contributed by atoms with E-state index >= 15 is 0 Å². The van der Waals surface area contributed by atoms with E-state index in [0.29, 0.717) is 30.0 Å². The Bertz CT molecular complexity index is 1540. The maximum absolute atomic E-state index is 11.5. The van der Waals surface area contributed by atoms with Crippen molar-refractivity contribution >= 4 is 28.4 Å². The highest BCUT2D eigenvalue weighted by Crippen LogP contribution is 2.32. The minimum atomic E-state index is -0.362. The van der Waals surface area contributed by atoms with Crippen LogP contribution in [-0.4, -0.2) is 41.1 Å². The van der Waals surface area contributed by atoms with Gasteiger partial charge in [-0.05, 0) is 67.0 Å². The van der Waals surface area contributed by atoms with Gasteiger partial charge in [-0.2, -0.15) is 4.98 Å². The number of benzene rings is 3. The van der Waals surface area contributed by atoms with Crippen LogP contribution in [0.5, 0.6) is 11.5 Å². The molecule has 220 valence electrons. The first-order valence-corrected chi connectivity index (χ1v) is 14.6. The van der Waals surface area contributed by atoms with Crippen LogP contribution in [0.3, 0.4) is 0 Å². The summed E-state index contributed by atoms with van der Waals surface area (Å²) >= 11 is 0. The fraction of sp³-hybridized carbons (Fsp3) is 0.394.